The molecule has 6 heteroatoms. The van der Waals surface area contributed by atoms with E-state index in [1.54, 1.807) is 7.05 Å². The van der Waals surface area contributed by atoms with Crippen LogP contribution >= 0.6 is 11.5 Å². The van der Waals surface area contributed by atoms with E-state index in [9.17, 15) is 4.79 Å². The summed E-state index contributed by atoms with van der Waals surface area (Å²) in [6.07, 6.45) is 4.89. The van der Waals surface area contributed by atoms with Crippen LogP contribution in [0, 0.1) is 5.41 Å². The van der Waals surface area contributed by atoms with Crippen molar-refractivity contribution in [3.8, 4) is 0 Å². The van der Waals surface area contributed by atoms with Gasteiger partial charge in [-0.1, -0.05) is 40.0 Å². The summed E-state index contributed by atoms with van der Waals surface area (Å²) in [5.74, 6) is 0.100. The molecule has 0 aliphatic heterocycles. The summed E-state index contributed by atoms with van der Waals surface area (Å²) >= 11 is 1.24. The van der Waals surface area contributed by atoms with Crippen LogP contribution in [0.2, 0.25) is 0 Å². The molecule has 0 radical (unpaired) electrons. The van der Waals surface area contributed by atoms with Gasteiger partial charge in [-0.3, -0.25) is 4.79 Å². The van der Waals surface area contributed by atoms with Gasteiger partial charge in [-0.25, -0.2) is 0 Å². The lowest BCUT2D eigenvalue weighted by Crippen LogP contribution is -2.25. The predicted octanol–water partition coefficient (Wildman–Crippen LogP) is 3.10. The van der Waals surface area contributed by atoms with Crippen molar-refractivity contribution < 1.29 is 4.79 Å². The zero-order chi connectivity index (χ0) is 15.2. The van der Waals surface area contributed by atoms with E-state index in [-0.39, 0.29) is 11.3 Å². The minimum atomic E-state index is -0.192. The summed E-state index contributed by atoms with van der Waals surface area (Å²) in [6.45, 7) is 7.49. The maximum absolute atomic E-state index is 11.8. The van der Waals surface area contributed by atoms with E-state index in [1.165, 1.54) is 30.8 Å². The molecule has 0 bridgehead atoms. The van der Waals surface area contributed by atoms with Crippen LogP contribution in [0.15, 0.2) is 0 Å². The maximum Gasteiger partial charge on any atom is 0.257 e. The fourth-order valence-electron chi connectivity index (χ4n) is 2.03. The molecule has 5 nitrogen and oxygen atoms in total. The van der Waals surface area contributed by atoms with Gasteiger partial charge in [0, 0.05) is 13.6 Å². The second-order valence-corrected chi connectivity index (χ2v) is 6.60. The second kappa shape index (κ2) is 7.47. The number of amides is 1. The maximum atomic E-state index is 11.8. The Morgan fingerprint density at radius 3 is 2.70 bits per heavy atom. The highest BCUT2D eigenvalue weighted by atomic mass is 32.1. The minimum absolute atomic E-state index is 0.188. The molecule has 1 aromatic heterocycles. The number of carbonyl (C=O) groups is 1. The molecule has 0 spiro atoms. The molecule has 1 rings (SSSR count). The fraction of sp³-hybridized carbons (Fsp3) is 0.714. The van der Waals surface area contributed by atoms with Gasteiger partial charge in [0.25, 0.3) is 5.91 Å². The first-order chi connectivity index (χ1) is 9.41. The third-order valence-corrected chi connectivity index (χ3v) is 4.18. The van der Waals surface area contributed by atoms with E-state index in [4.69, 9.17) is 5.73 Å². The zero-order valence-electron chi connectivity index (χ0n) is 12.9. The number of nitrogens with one attached hydrogen (secondary N) is 2. The van der Waals surface area contributed by atoms with Crippen molar-refractivity contribution in [1.29, 1.82) is 0 Å². The Morgan fingerprint density at radius 2 is 2.10 bits per heavy atom. The molecular formula is C14H26N4OS. The van der Waals surface area contributed by atoms with Crippen LogP contribution < -0.4 is 16.4 Å². The smallest absolute Gasteiger partial charge is 0.257 e. The first-order valence-corrected chi connectivity index (χ1v) is 7.89. The van der Waals surface area contributed by atoms with E-state index in [1.807, 2.05) is 0 Å². The molecular weight excluding hydrogens is 272 g/mol. The molecule has 1 amide bonds. The van der Waals surface area contributed by atoms with Crippen molar-refractivity contribution in [1.82, 2.24) is 9.69 Å². The highest BCUT2D eigenvalue weighted by molar-refractivity contribution is 7.11. The number of aromatic nitrogens is 1. The molecule has 0 aliphatic carbocycles. The van der Waals surface area contributed by atoms with Crippen molar-refractivity contribution in [2.24, 2.45) is 5.41 Å². The first-order valence-electron chi connectivity index (χ1n) is 7.12. The lowest BCUT2D eigenvalue weighted by molar-refractivity contribution is 0.0965. The molecule has 114 valence electrons. The topological polar surface area (TPSA) is 80.0 Å². The van der Waals surface area contributed by atoms with Crippen LogP contribution in [0.1, 0.15) is 56.8 Å². The van der Waals surface area contributed by atoms with Gasteiger partial charge in [0.15, 0.2) is 5.82 Å². The van der Waals surface area contributed by atoms with Crippen molar-refractivity contribution in [2.75, 3.05) is 24.6 Å². The second-order valence-electron chi connectivity index (χ2n) is 5.83. The van der Waals surface area contributed by atoms with E-state index in [2.05, 4.69) is 35.8 Å². The number of hydrogen-bond donors (Lipinski definition) is 3. The van der Waals surface area contributed by atoms with Gasteiger partial charge in [-0.2, -0.15) is 4.37 Å². The highest BCUT2D eigenvalue weighted by Gasteiger charge is 2.22. The number of carbonyl (C=O) groups excluding carboxylic acids is 1. The fourth-order valence-corrected chi connectivity index (χ4v) is 2.74. The Kier molecular flexibility index (Phi) is 6.26. The third kappa shape index (κ3) is 4.67. The largest absolute Gasteiger partial charge is 0.382 e. The Labute approximate surface area is 125 Å². The van der Waals surface area contributed by atoms with Gasteiger partial charge < -0.3 is 16.4 Å². The minimum Gasteiger partial charge on any atom is -0.382 e. The quantitative estimate of drug-likeness (QED) is 0.644. The number of nitrogens with zero attached hydrogens (tertiary/aromatic N) is 1. The van der Waals surface area contributed by atoms with Crippen molar-refractivity contribution in [3.63, 3.8) is 0 Å². The molecule has 0 atom stereocenters. The van der Waals surface area contributed by atoms with E-state index in [0.717, 1.165) is 18.0 Å². The van der Waals surface area contributed by atoms with E-state index < -0.39 is 0 Å². The van der Waals surface area contributed by atoms with Gasteiger partial charge in [0.05, 0.1) is 0 Å². The van der Waals surface area contributed by atoms with Crippen LogP contribution in [0.3, 0.4) is 0 Å². The Balaban J connectivity index is 2.63. The molecule has 20 heavy (non-hydrogen) atoms. The summed E-state index contributed by atoms with van der Waals surface area (Å²) in [7, 11) is 1.60. The number of rotatable bonds is 8. The molecule has 0 aromatic carbocycles. The summed E-state index contributed by atoms with van der Waals surface area (Å²) < 4.78 is 4.06. The molecule has 0 aliphatic rings. The SMILES string of the molecule is CCCCCC(C)(C)CNc1snc(N)c1C(=O)NC. The Morgan fingerprint density at radius 1 is 1.40 bits per heavy atom. The summed E-state index contributed by atoms with van der Waals surface area (Å²) in [5.41, 5.74) is 6.40. The number of unbranched alkanes of at least 4 members (excludes halogenated alkanes) is 2. The lowest BCUT2D eigenvalue weighted by atomic mass is 9.87. The predicted molar refractivity (Wildman–Crippen MR) is 86.3 cm³/mol. The standard InChI is InChI=1S/C14H26N4OS/c1-5-6-7-8-14(2,3)9-17-13-10(12(19)16-4)11(15)18-20-13/h17H,5-9H2,1-4H3,(H2,15,18)(H,16,19). The first kappa shape index (κ1) is 16.8. The summed E-state index contributed by atoms with van der Waals surface area (Å²) in [5, 5.41) is 6.68. The van der Waals surface area contributed by atoms with Crippen LogP contribution in [0.4, 0.5) is 10.8 Å². The van der Waals surface area contributed by atoms with Gasteiger partial charge in [-0.15, -0.1) is 0 Å². The van der Waals surface area contributed by atoms with Gasteiger partial charge in [0.1, 0.15) is 10.6 Å². The molecule has 0 saturated carbocycles. The highest BCUT2D eigenvalue weighted by Crippen LogP contribution is 2.30. The van der Waals surface area contributed by atoms with Crippen LogP contribution in [-0.4, -0.2) is 23.9 Å². The molecule has 1 aromatic rings. The lowest BCUT2D eigenvalue weighted by Gasteiger charge is -2.25. The number of hydrogen-bond acceptors (Lipinski definition) is 5. The van der Waals surface area contributed by atoms with E-state index >= 15 is 0 Å². The number of nitrogen functional groups attached to an aromatic ring is 1. The van der Waals surface area contributed by atoms with Crippen molar-refractivity contribution >= 4 is 28.3 Å². The average molecular weight is 298 g/mol. The van der Waals surface area contributed by atoms with Crippen LogP contribution in [0.5, 0.6) is 0 Å². The molecule has 4 N–H and O–H groups in total. The normalized spacial score (nSPS) is 11.4. The molecule has 0 unspecified atom stereocenters. The Hall–Kier alpha value is -1.30. The monoisotopic (exact) mass is 298 g/mol. The molecule has 0 saturated heterocycles. The van der Waals surface area contributed by atoms with Crippen LogP contribution in [0.25, 0.3) is 0 Å². The summed E-state index contributed by atoms with van der Waals surface area (Å²) in [4.78, 5) is 11.8. The zero-order valence-corrected chi connectivity index (χ0v) is 13.7. The number of anilines is 2. The van der Waals surface area contributed by atoms with Crippen molar-refractivity contribution in [2.45, 2.75) is 46.5 Å². The summed E-state index contributed by atoms with van der Waals surface area (Å²) in [6, 6.07) is 0. The Bertz CT molecular complexity index is 442. The van der Waals surface area contributed by atoms with Crippen molar-refractivity contribution in [3.05, 3.63) is 5.56 Å². The molecule has 1 heterocycles. The van der Waals surface area contributed by atoms with E-state index in [0.29, 0.717) is 11.4 Å². The van der Waals surface area contributed by atoms with Gasteiger partial charge in [-0.05, 0) is 23.4 Å². The third-order valence-electron chi connectivity index (χ3n) is 3.36. The van der Waals surface area contributed by atoms with Crippen LogP contribution in [-0.2, 0) is 0 Å². The van der Waals surface area contributed by atoms with Gasteiger partial charge >= 0.3 is 0 Å². The average Bonchev–Trinajstić information content (AvgIpc) is 2.77. The number of nitrogens with two attached hydrogens (primary N) is 1. The molecule has 0 fully saturated rings. The van der Waals surface area contributed by atoms with Gasteiger partial charge in [0.2, 0.25) is 0 Å².